The van der Waals surface area contributed by atoms with E-state index in [1.165, 1.54) is 0 Å². The molecule has 0 aliphatic carbocycles. The molecule has 0 bridgehead atoms. The van der Waals surface area contributed by atoms with Gasteiger partial charge in [-0.3, -0.25) is 0 Å². The van der Waals surface area contributed by atoms with Crippen molar-refractivity contribution in [3.8, 4) is 11.3 Å². The summed E-state index contributed by atoms with van der Waals surface area (Å²) in [5, 5.41) is 9.47. The third-order valence-electron chi connectivity index (χ3n) is 3.29. The zero-order valence-corrected chi connectivity index (χ0v) is 10.1. The minimum atomic E-state index is -0.167. The summed E-state index contributed by atoms with van der Waals surface area (Å²) in [5.74, 6) is 0.747. The van der Waals surface area contributed by atoms with E-state index in [9.17, 15) is 5.11 Å². The van der Waals surface area contributed by atoms with Crippen LogP contribution in [-0.2, 0) is 0 Å². The summed E-state index contributed by atoms with van der Waals surface area (Å²) < 4.78 is 0. The van der Waals surface area contributed by atoms with E-state index in [0.717, 1.165) is 43.1 Å². The Hall–Kier alpha value is -1.88. The van der Waals surface area contributed by atoms with Crippen LogP contribution in [0.4, 0.5) is 5.95 Å². The highest BCUT2D eigenvalue weighted by molar-refractivity contribution is 5.57. The van der Waals surface area contributed by atoms with Crippen molar-refractivity contribution in [1.29, 1.82) is 0 Å². The molecule has 2 N–H and O–H groups in total. The van der Waals surface area contributed by atoms with Crippen molar-refractivity contribution in [2.75, 3.05) is 18.0 Å². The van der Waals surface area contributed by atoms with E-state index in [2.05, 4.69) is 19.9 Å². The summed E-state index contributed by atoms with van der Waals surface area (Å²) in [7, 11) is 0. The molecule has 1 aliphatic rings. The van der Waals surface area contributed by atoms with E-state index in [-0.39, 0.29) is 6.10 Å². The van der Waals surface area contributed by atoms with Crippen molar-refractivity contribution >= 4 is 5.95 Å². The van der Waals surface area contributed by atoms with Gasteiger partial charge in [-0.1, -0.05) is 0 Å². The predicted molar refractivity (Wildman–Crippen MR) is 69.3 cm³/mol. The molecule has 0 unspecified atom stereocenters. The highest BCUT2D eigenvalue weighted by atomic mass is 16.3. The summed E-state index contributed by atoms with van der Waals surface area (Å²) in [6.07, 6.45) is 6.97. The topological polar surface area (TPSA) is 65.0 Å². The summed E-state index contributed by atoms with van der Waals surface area (Å²) >= 11 is 0. The van der Waals surface area contributed by atoms with Crippen LogP contribution in [0.1, 0.15) is 12.8 Å². The predicted octanol–water partition coefficient (Wildman–Crippen LogP) is 1.43. The first kappa shape index (κ1) is 11.2. The van der Waals surface area contributed by atoms with Gasteiger partial charge in [0.05, 0.1) is 6.10 Å². The summed E-state index contributed by atoms with van der Waals surface area (Å²) in [6, 6.07) is 3.95. The van der Waals surface area contributed by atoms with Crippen molar-refractivity contribution in [3.05, 3.63) is 30.7 Å². The molecule has 3 heterocycles. The van der Waals surface area contributed by atoms with E-state index in [1.807, 2.05) is 30.7 Å². The van der Waals surface area contributed by atoms with Crippen LogP contribution in [0, 0.1) is 0 Å². The monoisotopic (exact) mass is 244 g/mol. The normalized spacial score (nSPS) is 17.1. The van der Waals surface area contributed by atoms with Gasteiger partial charge < -0.3 is 15.0 Å². The largest absolute Gasteiger partial charge is 0.393 e. The van der Waals surface area contributed by atoms with Gasteiger partial charge in [-0.05, 0) is 25.0 Å². The molecule has 2 aromatic heterocycles. The number of aliphatic hydroxyl groups excluding tert-OH is 1. The summed E-state index contributed by atoms with van der Waals surface area (Å²) in [4.78, 5) is 14.0. The van der Waals surface area contributed by atoms with Gasteiger partial charge in [0.2, 0.25) is 5.95 Å². The number of hydrogen-bond donors (Lipinski definition) is 2. The van der Waals surface area contributed by atoms with Gasteiger partial charge in [0.25, 0.3) is 0 Å². The molecule has 0 saturated carbocycles. The van der Waals surface area contributed by atoms with Crippen molar-refractivity contribution in [1.82, 2.24) is 15.0 Å². The van der Waals surface area contributed by atoms with Gasteiger partial charge in [-0.15, -0.1) is 0 Å². The summed E-state index contributed by atoms with van der Waals surface area (Å²) in [5.41, 5.74) is 2.01. The van der Waals surface area contributed by atoms with E-state index < -0.39 is 0 Å². The molecule has 3 rings (SSSR count). The summed E-state index contributed by atoms with van der Waals surface area (Å²) in [6.45, 7) is 1.64. The van der Waals surface area contributed by atoms with Crippen molar-refractivity contribution in [2.45, 2.75) is 18.9 Å². The van der Waals surface area contributed by atoms with E-state index in [1.54, 1.807) is 0 Å². The Balaban J connectivity index is 1.75. The van der Waals surface area contributed by atoms with Crippen LogP contribution in [0.3, 0.4) is 0 Å². The van der Waals surface area contributed by atoms with Gasteiger partial charge in [0, 0.05) is 42.9 Å². The van der Waals surface area contributed by atoms with Crippen LogP contribution < -0.4 is 4.90 Å². The van der Waals surface area contributed by atoms with Gasteiger partial charge >= 0.3 is 0 Å². The number of piperidine rings is 1. The van der Waals surface area contributed by atoms with Crippen molar-refractivity contribution in [3.63, 3.8) is 0 Å². The number of H-pyrrole nitrogens is 1. The lowest BCUT2D eigenvalue weighted by atomic mass is 10.1. The second-order valence-corrected chi connectivity index (χ2v) is 4.57. The third kappa shape index (κ3) is 2.22. The Kier molecular flexibility index (Phi) is 2.98. The van der Waals surface area contributed by atoms with Crippen molar-refractivity contribution < 1.29 is 5.11 Å². The van der Waals surface area contributed by atoms with Gasteiger partial charge in [0.15, 0.2) is 0 Å². The molecule has 0 amide bonds. The second kappa shape index (κ2) is 4.78. The number of anilines is 1. The highest BCUT2D eigenvalue weighted by Crippen LogP contribution is 2.19. The van der Waals surface area contributed by atoms with E-state index in [4.69, 9.17) is 0 Å². The van der Waals surface area contributed by atoms with E-state index in [0.29, 0.717) is 0 Å². The number of rotatable bonds is 2. The molecule has 0 radical (unpaired) electrons. The average molecular weight is 244 g/mol. The molecule has 2 aromatic rings. The van der Waals surface area contributed by atoms with Gasteiger partial charge in [-0.2, -0.15) is 0 Å². The van der Waals surface area contributed by atoms with Gasteiger partial charge in [0.1, 0.15) is 0 Å². The molecule has 0 spiro atoms. The minimum absolute atomic E-state index is 0.167. The zero-order valence-electron chi connectivity index (χ0n) is 10.1. The van der Waals surface area contributed by atoms with E-state index >= 15 is 0 Å². The lowest BCUT2D eigenvalue weighted by Crippen LogP contribution is -2.36. The molecule has 5 heteroatoms. The lowest BCUT2D eigenvalue weighted by Gasteiger charge is -2.29. The Morgan fingerprint density at radius 3 is 2.56 bits per heavy atom. The first-order valence-electron chi connectivity index (χ1n) is 6.22. The van der Waals surface area contributed by atoms with Crippen molar-refractivity contribution in [2.24, 2.45) is 0 Å². The first-order valence-corrected chi connectivity index (χ1v) is 6.22. The molecule has 1 fully saturated rings. The zero-order chi connectivity index (χ0) is 12.4. The number of hydrogen-bond acceptors (Lipinski definition) is 4. The number of nitrogens with zero attached hydrogens (tertiary/aromatic N) is 3. The Labute approximate surface area is 106 Å². The highest BCUT2D eigenvalue weighted by Gasteiger charge is 2.18. The fraction of sp³-hybridized carbons (Fsp3) is 0.385. The molecule has 94 valence electrons. The molecular weight excluding hydrogens is 228 g/mol. The molecule has 1 aliphatic heterocycles. The number of nitrogens with one attached hydrogen (secondary N) is 1. The molecule has 0 atom stereocenters. The second-order valence-electron chi connectivity index (χ2n) is 4.57. The molecule has 0 aromatic carbocycles. The number of aromatic amines is 1. The standard InChI is InChI=1S/C13H16N4O/c18-11-3-6-17(7-4-11)13-15-8-10(9-16-13)12-2-1-5-14-12/h1-2,5,8-9,11,14,18H,3-4,6-7H2. The maximum atomic E-state index is 9.47. The smallest absolute Gasteiger partial charge is 0.225 e. The molecule has 18 heavy (non-hydrogen) atoms. The maximum absolute atomic E-state index is 9.47. The number of aliphatic hydroxyl groups is 1. The Morgan fingerprint density at radius 1 is 1.22 bits per heavy atom. The third-order valence-corrected chi connectivity index (χ3v) is 3.29. The Bertz CT molecular complexity index is 486. The molecule has 5 nitrogen and oxygen atoms in total. The fourth-order valence-corrected chi connectivity index (χ4v) is 2.20. The Morgan fingerprint density at radius 2 is 1.94 bits per heavy atom. The van der Waals surface area contributed by atoms with Crippen LogP contribution >= 0.6 is 0 Å². The maximum Gasteiger partial charge on any atom is 0.225 e. The lowest BCUT2D eigenvalue weighted by molar-refractivity contribution is 0.145. The van der Waals surface area contributed by atoms with Gasteiger partial charge in [-0.25, -0.2) is 9.97 Å². The minimum Gasteiger partial charge on any atom is -0.393 e. The average Bonchev–Trinajstić information content (AvgIpc) is 2.94. The first-order chi connectivity index (χ1) is 8.83. The van der Waals surface area contributed by atoms with Crippen LogP contribution in [0.15, 0.2) is 30.7 Å². The van der Waals surface area contributed by atoms with Crippen LogP contribution in [0.2, 0.25) is 0 Å². The molecular formula is C13H16N4O. The van der Waals surface area contributed by atoms with Crippen LogP contribution in [0.5, 0.6) is 0 Å². The van der Waals surface area contributed by atoms with Crippen LogP contribution in [0.25, 0.3) is 11.3 Å². The number of aromatic nitrogens is 3. The van der Waals surface area contributed by atoms with Crippen LogP contribution in [-0.4, -0.2) is 39.3 Å². The SMILES string of the molecule is OC1CCN(c2ncc(-c3ccc[nH]3)cn2)CC1. The fourth-order valence-electron chi connectivity index (χ4n) is 2.20. The quantitative estimate of drug-likeness (QED) is 0.838. The molecule has 1 saturated heterocycles.